The van der Waals surface area contributed by atoms with Crippen LogP contribution in [0.25, 0.3) is 0 Å². The third-order valence-electron chi connectivity index (χ3n) is 3.00. The third-order valence-corrected chi connectivity index (χ3v) is 3.00. The molecule has 94 valence electrons. The second kappa shape index (κ2) is 5.08. The number of anilines is 2. The summed E-state index contributed by atoms with van der Waals surface area (Å²) in [4.78, 5) is 6.52. The lowest BCUT2D eigenvalue weighted by Crippen LogP contribution is -2.18. The Morgan fingerprint density at radius 1 is 1.17 bits per heavy atom. The van der Waals surface area contributed by atoms with E-state index >= 15 is 0 Å². The summed E-state index contributed by atoms with van der Waals surface area (Å²) >= 11 is 0. The lowest BCUT2D eigenvalue weighted by Gasteiger charge is -2.21. The summed E-state index contributed by atoms with van der Waals surface area (Å²) in [7, 11) is 2.07. The van der Waals surface area contributed by atoms with E-state index in [-0.39, 0.29) is 0 Å². The predicted molar refractivity (Wildman–Crippen MR) is 76.7 cm³/mol. The van der Waals surface area contributed by atoms with E-state index in [2.05, 4.69) is 49.0 Å². The molecule has 3 nitrogen and oxygen atoms in total. The van der Waals surface area contributed by atoms with Crippen LogP contribution in [0.5, 0.6) is 0 Å². The second-order valence-electron chi connectivity index (χ2n) is 4.73. The molecule has 0 unspecified atom stereocenters. The summed E-state index contributed by atoms with van der Waals surface area (Å²) in [5.74, 6) is 0. The molecule has 0 amide bonds. The molecule has 0 radical (unpaired) electrons. The number of nitrogens with zero attached hydrogens (tertiary/aromatic N) is 2. The smallest absolute Gasteiger partial charge is 0.0617 e. The SMILES string of the molecule is Cc1ccc(N(C)Cc2cc(N)ccn2)c(C)c1. The van der Waals surface area contributed by atoms with Gasteiger partial charge < -0.3 is 10.6 Å². The van der Waals surface area contributed by atoms with Crippen LogP contribution in [0.4, 0.5) is 11.4 Å². The van der Waals surface area contributed by atoms with Gasteiger partial charge >= 0.3 is 0 Å². The van der Waals surface area contributed by atoms with E-state index in [1.807, 2.05) is 6.07 Å². The summed E-state index contributed by atoms with van der Waals surface area (Å²) < 4.78 is 0. The first kappa shape index (κ1) is 12.4. The average Bonchev–Trinajstić information content (AvgIpc) is 2.28. The first-order valence-corrected chi connectivity index (χ1v) is 6.05. The molecule has 0 atom stereocenters. The molecule has 0 fully saturated rings. The predicted octanol–water partition coefficient (Wildman–Crippen LogP) is 2.92. The highest BCUT2D eigenvalue weighted by Crippen LogP contribution is 2.21. The molecule has 18 heavy (non-hydrogen) atoms. The van der Waals surface area contributed by atoms with Crippen molar-refractivity contribution in [2.75, 3.05) is 17.7 Å². The molecule has 2 aromatic rings. The minimum Gasteiger partial charge on any atom is -0.399 e. The van der Waals surface area contributed by atoms with Crippen LogP contribution in [-0.2, 0) is 6.54 Å². The molecule has 1 heterocycles. The van der Waals surface area contributed by atoms with Crippen LogP contribution in [0.1, 0.15) is 16.8 Å². The highest BCUT2D eigenvalue weighted by Gasteiger charge is 2.06. The van der Waals surface area contributed by atoms with Crippen LogP contribution in [0.2, 0.25) is 0 Å². The molecule has 3 heteroatoms. The van der Waals surface area contributed by atoms with Gasteiger partial charge in [-0.3, -0.25) is 4.98 Å². The Hall–Kier alpha value is -2.03. The molecule has 0 aliphatic rings. The van der Waals surface area contributed by atoms with E-state index in [4.69, 9.17) is 5.73 Å². The van der Waals surface area contributed by atoms with Crippen molar-refractivity contribution in [2.24, 2.45) is 0 Å². The molecule has 1 aromatic carbocycles. The summed E-state index contributed by atoms with van der Waals surface area (Å²) in [5, 5.41) is 0. The van der Waals surface area contributed by atoms with Crippen LogP contribution in [0, 0.1) is 13.8 Å². The number of aryl methyl sites for hydroxylation is 2. The van der Waals surface area contributed by atoms with E-state index in [9.17, 15) is 0 Å². The first-order chi connectivity index (χ1) is 8.56. The topological polar surface area (TPSA) is 42.1 Å². The van der Waals surface area contributed by atoms with Gasteiger partial charge in [0.2, 0.25) is 0 Å². The van der Waals surface area contributed by atoms with Gasteiger partial charge in [-0.1, -0.05) is 17.7 Å². The Morgan fingerprint density at radius 3 is 2.61 bits per heavy atom. The van der Waals surface area contributed by atoms with Gasteiger partial charge in [0.1, 0.15) is 0 Å². The standard InChI is InChI=1S/C15H19N3/c1-11-4-5-15(12(2)8-11)18(3)10-14-9-13(16)6-7-17-14/h4-9H,10H2,1-3H3,(H2,16,17). The maximum Gasteiger partial charge on any atom is 0.0617 e. The van der Waals surface area contributed by atoms with Crippen LogP contribution in [0.3, 0.4) is 0 Å². The molecular weight excluding hydrogens is 222 g/mol. The molecule has 0 spiro atoms. The maximum atomic E-state index is 5.76. The van der Waals surface area contributed by atoms with E-state index in [1.165, 1.54) is 16.8 Å². The number of rotatable bonds is 3. The van der Waals surface area contributed by atoms with Crippen LogP contribution in [0.15, 0.2) is 36.5 Å². The minimum atomic E-state index is 0.758. The molecule has 0 aliphatic carbocycles. The van der Waals surface area contributed by atoms with Crippen molar-refractivity contribution in [1.29, 1.82) is 0 Å². The Labute approximate surface area is 108 Å². The van der Waals surface area contributed by atoms with Gasteiger partial charge in [-0.05, 0) is 37.6 Å². The lowest BCUT2D eigenvalue weighted by atomic mass is 10.1. The van der Waals surface area contributed by atoms with E-state index in [0.717, 1.165) is 17.9 Å². The number of nitrogen functional groups attached to an aromatic ring is 1. The Kier molecular flexibility index (Phi) is 3.51. The van der Waals surface area contributed by atoms with Crippen molar-refractivity contribution in [3.63, 3.8) is 0 Å². The summed E-state index contributed by atoms with van der Waals surface area (Å²) in [5.41, 5.74) is 11.3. The Bertz CT molecular complexity index is 549. The molecule has 0 bridgehead atoms. The van der Waals surface area contributed by atoms with Gasteiger partial charge in [-0.15, -0.1) is 0 Å². The largest absolute Gasteiger partial charge is 0.399 e. The zero-order chi connectivity index (χ0) is 13.1. The average molecular weight is 241 g/mol. The van der Waals surface area contributed by atoms with Gasteiger partial charge in [0.15, 0.2) is 0 Å². The van der Waals surface area contributed by atoms with Crippen molar-refractivity contribution in [3.8, 4) is 0 Å². The quantitative estimate of drug-likeness (QED) is 0.898. The highest BCUT2D eigenvalue weighted by atomic mass is 15.1. The number of hydrogen-bond acceptors (Lipinski definition) is 3. The molecule has 2 rings (SSSR count). The maximum absolute atomic E-state index is 5.76. The molecule has 2 N–H and O–H groups in total. The number of benzene rings is 1. The highest BCUT2D eigenvalue weighted by molar-refractivity contribution is 5.54. The van der Waals surface area contributed by atoms with E-state index in [0.29, 0.717) is 0 Å². The minimum absolute atomic E-state index is 0.758. The first-order valence-electron chi connectivity index (χ1n) is 6.05. The van der Waals surface area contributed by atoms with Crippen LogP contribution >= 0.6 is 0 Å². The van der Waals surface area contributed by atoms with Gasteiger partial charge in [-0.25, -0.2) is 0 Å². The summed E-state index contributed by atoms with van der Waals surface area (Å²) in [6.45, 7) is 5.00. The lowest BCUT2D eigenvalue weighted by molar-refractivity contribution is 0.881. The fraction of sp³-hybridized carbons (Fsp3) is 0.267. The normalized spacial score (nSPS) is 10.4. The number of hydrogen-bond donors (Lipinski definition) is 1. The third kappa shape index (κ3) is 2.80. The van der Waals surface area contributed by atoms with Crippen molar-refractivity contribution in [1.82, 2.24) is 4.98 Å². The van der Waals surface area contributed by atoms with Gasteiger partial charge in [0, 0.05) is 24.6 Å². The Balaban J connectivity index is 2.19. The summed E-state index contributed by atoms with van der Waals surface area (Å²) in [6.07, 6.45) is 1.75. The van der Waals surface area contributed by atoms with E-state index < -0.39 is 0 Å². The van der Waals surface area contributed by atoms with Crippen molar-refractivity contribution >= 4 is 11.4 Å². The van der Waals surface area contributed by atoms with Crippen molar-refractivity contribution in [2.45, 2.75) is 20.4 Å². The van der Waals surface area contributed by atoms with Gasteiger partial charge in [-0.2, -0.15) is 0 Å². The molecule has 0 saturated heterocycles. The number of aromatic nitrogens is 1. The number of pyridine rings is 1. The number of nitrogens with two attached hydrogens (primary N) is 1. The molecule has 0 aliphatic heterocycles. The second-order valence-corrected chi connectivity index (χ2v) is 4.73. The van der Waals surface area contributed by atoms with Crippen LogP contribution < -0.4 is 10.6 Å². The van der Waals surface area contributed by atoms with Gasteiger partial charge in [0.05, 0.1) is 12.2 Å². The zero-order valence-corrected chi connectivity index (χ0v) is 11.1. The molecular formula is C15H19N3. The van der Waals surface area contributed by atoms with Gasteiger partial charge in [0.25, 0.3) is 0 Å². The van der Waals surface area contributed by atoms with Crippen molar-refractivity contribution in [3.05, 3.63) is 53.3 Å². The van der Waals surface area contributed by atoms with E-state index in [1.54, 1.807) is 12.3 Å². The Morgan fingerprint density at radius 2 is 1.94 bits per heavy atom. The zero-order valence-electron chi connectivity index (χ0n) is 11.1. The molecule has 1 aromatic heterocycles. The fourth-order valence-corrected chi connectivity index (χ4v) is 2.15. The van der Waals surface area contributed by atoms with Crippen molar-refractivity contribution < 1.29 is 0 Å². The summed E-state index contributed by atoms with van der Waals surface area (Å²) in [6, 6.07) is 10.2. The molecule has 0 saturated carbocycles. The fourth-order valence-electron chi connectivity index (χ4n) is 2.15. The monoisotopic (exact) mass is 241 g/mol. The van der Waals surface area contributed by atoms with Crippen LogP contribution in [-0.4, -0.2) is 12.0 Å².